The van der Waals surface area contributed by atoms with Gasteiger partial charge in [0.25, 0.3) is 0 Å². The molecule has 1 saturated heterocycles. The van der Waals surface area contributed by atoms with Crippen molar-refractivity contribution in [2.24, 2.45) is 5.73 Å². The largest absolute Gasteiger partial charge is 0.340 e. The summed E-state index contributed by atoms with van der Waals surface area (Å²) in [5, 5.41) is 0. The molecule has 5 nitrogen and oxygen atoms in total. The number of hydrogen-bond acceptors (Lipinski definition) is 4. The summed E-state index contributed by atoms with van der Waals surface area (Å²) in [5.41, 5.74) is 5.52. The highest BCUT2D eigenvalue weighted by molar-refractivity contribution is 5.32. The number of hydrogen-bond donors (Lipinski definition) is 1. The lowest BCUT2D eigenvalue weighted by molar-refractivity contribution is 0.250. The van der Waals surface area contributed by atoms with Gasteiger partial charge in [-0.25, -0.2) is 4.98 Å². The standard InChI is InChI=1S/C14H27N5/c1-2-18-9-7-16-14(18)19-12-10-17(11-13-19)8-5-3-4-6-15/h7,9H,2-6,8,10-13,15H2,1H3. The third-order valence-corrected chi connectivity index (χ3v) is 3.87. The molecule has 2 N–H and O–H groups in total. The lowest BCUT2D eigenvalue weighted by Crippen LogP contribution is -2.47. The minimum atomic E-state index is 0.827. The summed E-state index contributed by atoms with van der Waals surface area (Å²) in [4.78, 5) is 9.44. The Morgan fingerprint density at radius 1 is 1.16 bits per heavy atom. The molecule has 5 heteroatoms. The molecule has 1 aliphatic heterocycles. The van der Waals surface area contributed by atoms with E-state index >= 15 is 0 Å². The second-order valence-electron chi connectivity index (χ2n) is 5.19. The van der Waals surface area contributed by atoms with Crippen molar-refractivity contribution < 1.29 is 0 Å². The number of rotatable bonds is 7. The first-order valence-electron chi connectivity index (χ1n) is 7.53. The fourth-order valence-corrected chi connectivity index (χ4v) is 2.66. The van der Waals surface area contributed by atoms with Crippen LogP contribution in [0.1, 0.15) is 26.2 Å². The Bertz CT molecular complexity index is 354. The highest BCUT2D eigenvalue weighted by Crippen LogP contribution is 2.14. The number of aryl methyl sites for hydroxylation is 1. The number of anilines is 1. The van der Waals surface area contributed by atoms with Crippen molar-refractivity contribution in [3.63, 3.8) is 0 Å². The van der Waals surface area contributed by atoms with E-state index in [1.54, 1.807) is 0 Å². The molecule has 1 aromatic heterocycles. The van der Waals surface area contributed by atoms with Crippen LogP contribution in [0.4, 0.5) is 5.95 Å². The van der Waals surface area contributed by atoms with Crippen LogP contribution in [0.2, 0.25) is 0 Å². The topological polar surface area (TPSA) is 50.3 Å². The fraction of sp³-hybridized carbons (Fsp3) is 0.786. The van der Waals surface area contributed by atoms with Gasteiger partial charge < -0.3 is 15.2 Å². The molecule has 2 rings (SSSR count). The summed E-state index contributed by atoms with van der Waals surface area (Å²) in [6, 6.07) is 0. The summed E-state index contributed by atoms with van der Waals surface area (Å²) in [6.07, 6.45) is 7.66. The van der Waals surface area contributed by atoms with Gasteiger partial charge in [0.2, 0.25) is 5.95 Å². The zero-order valence-corrected chi connectivity index (χ0v) is 12.1. The van der Waals surface area contributed by atoms with Gasteiger partial charge in [0.05, 0.1) is 0 Å². The predicted molar refractivity (Wildman–Crippen MR) is 79.5 cm³/mol. The number of piperazine rings is 1. The van der Waals surface area contributed by atoms with Gasteiger partial charge in [0, 0.05) is 45.1 Å². The van der Waals surface area contributed by atoms with E-state index in [1.807, 2.05) is 6.20 Å². The Morgan fingerprint density at radius 3 is 2.63 bits per heavy atom. The second-order valence-corrected chi connectivity index (χ2v) is 5.19. The van der Waals surface area contributed by atoms with Crippen LogP contribution in [-0.2, 0) is 6.54 Å². The van der Waals surface area contributed by atoms with Crippen LogP contribution in [0.3, 0.4) is 0 Å². The van der Waals surface area contributed by atoms with Gasteiger partial charge >= 0.3 is 0 Å². The van der Waals surface area contributed by atoms with Gasteiger partial charge in [-0.1, -0.05) is 6.42 Å². The maximum absolute atomic E-state index is 5.52. The minimum absolute atomic E-state index is 0.827. The van der Waals surface area contributed by atoms with Crippen LogP contribution in [0.25, 0.3) is 0 Å². The molecule has 0 aliphatic carbocycles. The van der Waals surface area contributed by atoms with E-state index < -0.39 is 0 Å². The van der Waals surface area contributed by atoms with Crippen LogP contribution in [0.15, 0.2) is 12.4 Å². The van der Waals surface area contributed by atoms with Crippen molar-refractivity contribution in [3.05, 3.63) is 12.4 Å². The molecule has 0 spiro atoms. The third kappa shape index (κ3) is 3.94. The summed E-state index contributed by atoms with van der Waals surface area (Å²) in [7, 11) is 0. The van der Waals surface area contributed by atoms with Crippen molar-refractivity contribution in [1.82, 2.24) is 14.5 Å². The van der Waals surface area contributed by atoms with Crippen molar-refractivity contribution in [2.45, 2.75) is 32.7 Å². The lowest BCUT2D eigenvalue weighted by atomic mass is 10.2. The molecule has 0 amide bonds. The summed E-state index contributed by atoms with van der Waals surface area (Å²) in [6.45, 7) is 9.69. The van der Waals surface area contributed by atoms with Crippen LogP contribution < -0.4 is 10.6 Å². The smallest absolute Gasteiger partial charge is 0.205 e. The van der Waals surface area contributed by atoms with Gasteiger partial charge in [-0.2, -0.15) is 0 Å². The maximum atomic E-state index is 5.52. The van der Waals surface area contributed by atoms with Gasteiger partial charge in [0.15, 0.2) is 0 Å². The van der Waals surface area contributed by atoms with Gasteiger partial charge in [-0.05, 0) is 32.9 Å². The molecule has 0 atom stereocenters. The fourth-order valence-electron chi connectivity index (χ4n) is 2.66. The lowest BCUT2D eigenvalue weighted by Gasteiger charge is -2.35. The molecule has 19 heavy (non-hydrogen) atoms. The molecule has 0 unspecified atom stereocenters. The Kier molecular flexibility index (Phi) is 5.66. The SMILES string of the molecule is CCn1ccnc1N1CCN(CCCCCN)CC1. The van der Waals surface area contributed by atoms with Gasteiger partial charge in [-0.3, -0.25) is 4.90 Å². The molecular weight excluding hydrogens is 238 g/mol. The predicted octanol–water partition coefficient (Wildman–Crippen LogP) is 1.15. The van der Waals surface area contributed by atoms with E-state index in [9.17, 15) is 0 Å². The van der Waals surface area contributed by atoms with E-state index in [-0.39, 0.29) is 0 Å². The maximum Gasteiger partial charge on any atom is 0.205 e. The Labute approximate surface area is 116 Å². The number of nitrogens with two attached hydrogens (primary N) is 1. The highest BCUT2D eigenvalue weighted by Gasteiger charge is 2.19. The summed E-state index contributed by atoms with van der Waals surface area (Å²) < 4.78 is 2.22. The van der Waals surface area contributed by atoms with Crippen LogP contribution in [0.5, 0.6) is 0 Å². The number of unbranched alkanes of at least 4 members (excludes halogenated alkanes) is 2. The quantitative estimate of drug-likeness (QED) is 0.752. The molecule has 0 aromatic carbocycles. The van der Waals surface area contributed by atoms with Crippen molar-refractivity contribution in [1.29, 1.82) is 0 Å². The van der Waals surface area contributed by atoms with Crippen LogP contribution in [0, 0.1) is 0 Å². The molecule has 1 aromatic rings. The first-order chi connectivity index (χ1) is 9.35. The Balaban J connectivity index is 1.73. The number of imidazole rings is 1. The zero-order valence-electron chi connectivity index (χ0n) is 12.1. The summed E-state index contributed by atoms with van der Waals surface area (Å²) in [5.74, 6) is 1.13. The molecule has 1 aliphatic rings. The van der Waals surface area contributed by atoms with E-state index in [0.29, 0.717) is 0 Å². The second kappa shape index (κ2) is 7.50. The first kappa shape index (κ1) is 14.3. The third-order valence-electron chi connectivity index (χ3n) is 3.87. The molecule has 0 bridgehead atoms. The normalized spacial score (nSPS) is 17.1. The van der Waals surface area contributed by atoms with Gasteiger partial charge in [-0.15, -0.1) is 0 Å². The zero-order chi connectivity index (χ0) is 13.5. The summed E-state index contributed by atoms with van der Waals surface area (Å²) >= 11 is 0. The molecule has 2 heterocycles. The molecular formula is C14H27N5. The van der Waals surface area contributed by atoms with E-state index in [4.69, 9.17) is 5.73 Å². The Hall–Kier alpha value is -1.07. The minimum Gasteiger partial charge on any atom is -0.340 e. The highest BCUT2D eigenvalue weighted by atomic mass is 15.3. The molecule has 1 fully saturated rings. The average molecular weight is 265 g/mol. The van der Waals surface area contributed by atoms with Crippen molar-refractivity contribution in [3.8, 4) is 0 Å². The molecule has 0 radical (unpaired) electrons. The van der Waals surface area contributed by atoms with E-state index in [2.05, 4.69) is 32.5 Å². The number of aromatic nitrogens is 2. The van der Waals surface area contributed by atoms with Crippen molar-refractivity contribution in [2.75, 3.05) is 44.2 Å². The van der Waals surface area contributed by atoms with E-state index in [0.717, 1.165) is 51.6 Å². The average Bonchev–Trinajstić information content (AvgIpc) is 2.93. The molecule has 0 saturated carbocycles. The monoisotopic (exact) mass is 265 g/mol. The Morgan fingerprint density at radius 2 is 1.95 bits per heavy atom. The number of nitrogens with zero attached hydrogens (tertiary/aromatic N) is 4. The van der Waals surface area contributed by atoms with Crippen molar-refractivity contribution >= 4 is 5.95 Å². The van der Waals surface area contributed by atoms with Gasteiger partial charge in [0.1, 0.15) is 0 Å². The van der Waals surface area contributed by atoms with Crippen LogP contribution in [-0.4, -0.2) is 53.7 Å². The van der Waals surface area contributed by atoms with E-state index in [1.165, 1.54) is 19.4 Å². The molecule has 108 valence electrons. The van der Waals surface area contributed by atoms with Crippen LogP contribution >= 0.6 is 0 Å². The first-order valence-corrected chi connectivity index (χ1v) is 7.53.